The molecule has 0 saturated carbocycles. The highest BCUT2D eigenvalue weighted by atomic mass is 16.3. The number of nitrogens with two attached hydrogens (primary N) is 1. The molecule has 0 bridgehead atoms. The highest BCUT2D eigenvalue weighted by Crippen LogP contribution is 2.21. The number of H-pyrrole nitrogens is 1. The molecule has 2 aromatic heterocycles. The fourth-order valence-electron chi connectivity index (χ4n) is 3.35. The number of aromatic amines is 1. The monoisotopic (exact) mass is 424 g/mol. The van der Waals surface area contributed by atoms with Crippen LogP contribution in [0.25, 0.3) is 17.0 Å². The first-order chi connectivity index (χ1) is 15.0. The first kappa shape index (κ1) is 22.1. The summed E-state index contributed by atoms with van der Waals surface area (Å²) in [5.41, 5.74) is 5.69. The van der Waals surface area contributed by atoms with Gasteiger partial charge >= 0.3 is 5.69 Å². The number of para-hydroxylation sites is 1. The Balaban J connectivity index is 1.96. The maximum absolute atomic E-state index is 13.1. The summed E-state index contributed by atoms with van der Waals surface area (Å²) >= 11 is 0. The number of unbranched alkanes of at least 4 members (excludes halogenated alkanes) is 2. The van der Waals surface area contributed by atoms with Crippen molar-refractivity contribution in [3.8, 4) is 0 Å². The Hall–Kier alpha value is -3.55. The molecule has 0 aliphatic rings. The van der Waals surface area contributed by atoms with Gasteiger partial charge in [0.1, 0.15) is 17.2 Å². The Kier molecular flexibility index (Phi) is 7.12. The van der Waals surface area contributed by atoms with Crippen molar-refractivity contribution in [1.29, 1.82) is 0 Å². The van der Waals surface area contributed by atoms with Crippen LogP contribution < -0.4 is 21.9 Å². The summed E-state index contributed by atoms with van der Waals surface area (Å²) in [6, 6.07) is 9.39. The molecule has 0 spiro atoms. The molecular weight excluding hydrogens is 396 g/mol. The molecule has 3 N–H and O–H groups in total. The first-order valence-electron chi connectivity index (χ1n) is 10.6. The second-order valence-corrected chi connectivity index (χ2v) is 7.36. The minimum atomic E-state index is -0.670. The third-order valence-electron chi connectivity index (χ3n) is 5.06. The molecule has 3 aromatic rings. The van der Waals surface area contributed by atoms with E-state index in [4.69, 9.17) is 10.2 Å². The summed E-state index contributed by atoms with van der Waals surface area (Å²) in [5.74, 6) is 0.121. The van der Waals surface area contributed by atoms with Gasteiger partial charge in [-0.15, -0.1) is 0 Å². The summed E-state index contributed by atoms with van der Waals surface area (Å²) in [5, 5.41) is 0.932. The number of rotatable bonds is 9. The van der Waals surface area contributed by atoms with Crippen LogP contribution in [-0.4, -0.2) is 22.0 Å². The van der Waals surface area contributed by atoms with Crippen LogP contribution in [0.2, 0.25) is 0 Å². The van der Waals surface area contributed by atoms with E-state index in [1.54, 1.807) is 6.08 Å². The molecule has 0 fully saturated rings. The van der Waals surface area contributed by atoms with Crippen LogP contribution in [0.4, 0.5) is 11.5 Å². The molecule has 8 heteroatoms. The molecule has 0 aliphatic heterocycles. The van der Waals surface area contributed by atoms with Gasteiger partial charge in [-0.1, -0.05) is 44.9 Å². The number of nitrogen functional groups attached to an aromatic ring is 1. The fourth-order valence-corrected chi connectivity index (χ4v) is 3.35. The number of fused-ring (bicyclic) bond motifs is 1. The topological polar surface area (TPSA) is 114 Å². The van der Waals surface area contributed by atoms with Gasteiger partial charge < -0.3 is 15.1 Å². The van der Waals surface area contributed by atoms with Gasteiger partial charge in [-0.2, -0.15) is 0 Å². The van der Waals surface area contributed by atoms with Crippen molar-refractivity contribution in [2.45, 2.75) is 46.1 Å². The van der Waals surface area contributed by atoms with E-state index in [0.717, 1.165) is 30.2 Å². The van der Waals surface area contributed by atoms with Crippen molar-refractivity contribution in [1.82, 2.24) is 9.55 Å². The van der Waals surface area contributed by atoms with E-state index in [1.165, 1.54) is 15.5 Å². The summed E-state index contributed by atoms with van der Waals surface area (Å²) in [7, 11) is 0. The Bertz CT molecular complexity index is 1170. The minimum Gasteiger partial charge on any atom is -0.457 e. The fraction of sp³-hybridized carbons (Fsp3) is 0.348. The number of nitrogens with zero attached hydrogens (tertiary/aromatic N) is 2. The van der Waals surface area contributed by atoms with Crippen LogP contribution in [0.5, 0.6) is 0 Å². The largest absolute Gasteiger partial charge is 0.457 e. The molecule has 164 valence electrons. The van der Waals surface area contributed by atoms with Gasteiger partial charge in [-0.05, 0) is 31.1 Å². The van der Waals surface area contributed by atoms with E-state index >= 15 is 0 Å². The number of amides is 1. The van der Waals surface area contributed by atoms with Crippen molar-refractivity contribution < 1.29 is 9.21 Å². The van der Waals surface area contributed by atoms with Crippen LogP contribution in [-0.2, 0) is 11.3 Å². The van der Waals surface area contributed by atoms with Crippen LogP contribution in [0.1, 0.15) is 45.3 Å². The Morgan fingerprint density at radius 1 is 1.19 bits per heavy atom. The molecule has 0 atom stereocenters. The zero-order chi connectivity index (χ0) is 22.4. The predicted molar refractivity (Wildman–Crippen MR) is 123 cm³/mol. The standard InChI is InChI=1S/C23H28N4O4/c1-3-5-13-26(20-21(24)27(14-6-4-2)23(30)25-22(20)29)19(28)12-11-17-15-16-9-7-8-10-18(16)31-17/h7-12,15H,3-6,13-14,24H2,1-2H3,(H,25,29,30)/b12-11+. The molecule has 0 aliphatic carbocycles. The number of hydrogen-bond donors (Lipinski definition) is 2. The van der Waals surface area contributed by atoms with Crippen LogP contribution in [0.3, 0.4) is 0 Å². The molecule has 8 nitrogen and oxygen atoms in total. The average molecular weight is 425 g/mol. The first-order valence-corrected chi connectivity index (χ1v) is 10.6. The highest BCUT2D eigenvalue weighted by molar-refractivity contribution is 6.05. The highest BCUT2D eigenvalue weighted by Gasteiger charge is 2.22. The zero-order valence-corrected chi connectivity index (χ0v) is 17.9. The summed E-state index contributed by atoms with van der Waals surface area (Å²) < 4.78 is 7.03. The smallest absolute Gasteiger partial charge is 0.330 e. The van der Waals surface area contributed by atoms with Crippen molar-refractivity contribution in [2.24, 2.45) is 0 Å². The van der Waals surface area contributed by atoms with E-state index < -0.39 is 17.2 Å². The van der Waals surface area contributed by atoms with Crippen molar-refractivity contribution in [2.75, 3.05) is 17.2 Å². The maximum atomic E-state index is 13.1. The van der Waals surface area contributed by atoms with Gasteiger partial charge in [0.05, 0.1) is 0 Å². The lowest BCUT2D eigenvalue weighted by atomic mass is 10.2. The van der Waals surface area contributed by atoms with Gasteiger partial charge in [0.2, 0.25) is 0 Å². The lowest BCUT2D eigenvalue weighted by Crippen LogP contribution is -2.41. The second kappa shape index (κ2) is 9.97. The third-order valence-corrected chi connectivity index (χ3v) is 5.06. The van der Waals surface area contributed by atoms with E-state index in [-0.39, 0.29) is 11.5 Å². The number of nitrogens with one attached hydrogen (secondary N) is 1. The van der Waals surface area contributed by atoms with E-state index in [0.29, 0.717) is 25.3 Å². The lowest BCUT2D eigenvalue weighted by molar-refractivity contribution is -0.114. The number of anilines is 2. The number of carbonyl (C=O) groups is 1. The molecule has 3 rings (SSSR count). The molecular formula is C23H28N4O4. The summed E-state index contributed by atoms with van der Waals surface area (Å²) in [4.78, 5) is 41.5. The number of benzene rings is 1. The molecule has 1 amide bonds. The number of carbonyl (C=O) groups excluding carboxylic acids is 1. The van der Waals surface area contributed by atoms with Crippen LogP contribution in [0, 0.1) is 0 Å². The molecule has 0 saturated heterocycles. The van der Waals surface area contributed by atoms with Gasteiger partial charge in [0, 0.05) is 24.6 Å². The average Bonchev–Trinajstić information content (AvgIpc) is 3.17. The molecule has 0 radical (unpaired) electrons. The Labute approximate surface area is 180 Å². The van der Waals surface area contributed by atoms with Crippen molar-refractivity contribution >= 4 is 34.5 Å². The Morgan fingerprint density at radius 2 is 1.94 bits per heavy atom. The van der Waals surface area contributed by atoms with E-state index in [2.05, 4.69) is 4.98 Å². The Morgan fingerprint density at radius 3 is 2.65 bits per heavy atom. The number of hydrogen-bond acceptors (Lipinski definition) is 5. The predicted octanol–water partition coefficient (Wildman–Crippen LogP) is 3.51. The summed E-state index contributed by atoms with van der Waals surface area (Å²) in [6.07, 6.45) is 6.01. The van der Waals surface area contributed by atoms with Crippen molar-refractivity contribution in [3.05, 3.63) is 63.0 Å². The number of aromatic nitrogens is 2. The maximum Gasteiger partial charge on any atom is 0.330 e. The van der Waals surface area contributed by atoms with Crippen LogP contribution in [0.15, 0.2) is 50.4 Å². The van der Waals surface area contributed by atoms with Gasteiger partial charge in [0.15, 0.2) is 5.69 Å². The summed E-state index contributed by atoms with van der Waals surface area (Å²) in [6.45, 7) is 4.66. The molecule has 0 unspecified atom stereocenters. The van der Waals surface area contributed by atoms with E-state index in [9.17, 15) is 14.4 Å². The third kappa shape index (κ3) is 4.96. The molecule has 2 heterocycles. The molecule has 31 heavy (non-hydrogen) atoms. The zero-order valence-electron chi connectivity index (χ0n) is 17.9. The van der Waals surface area contributed by atoms with Crippen LogP contribution >= 0.6 is 0 Å². The van der Waals surface area contributed by atoms with Gasteiger partial charge in [0.25, 0.3) is 11.5 Å². The van der Waals surface area contributed by atoms with Crippen molar-refractivity contribution in [3.63, 3.8) is 0 Å². The van der Waals surface area contributed by atoms with Gasteiger partial charge in [-0.3, -0.25) is 19.1 Å². The quantitative estimate of drug-likeness (QED) is 0.510. The number of furan rings is 1. The second-order valence-electron chi connectivity index (χ2n) is 7.36. The normalized spacial score (nSPS) is 11.4. The van der Waals surface area contributed by atoms with Gasteiger partial charge in [-0.25, -0.2) is 4.79 Å². The SMILES string of the molecule is CCCCN(C(=O)/C=C/c1cc2ccccc2o1)c1c(N)n(CCCC)c(=O)[nH]c1=O. The molecule has 1 aromatic carbocycles. The minimum absolute atomic E-state index is 0.00316. The van der Waals surface area contributed by atoms with E-state index in [1.807, 2.05) is 44.2 Å². The lowest BCUT2D eigenvalue weighted by Gasteiger charge is -2.23.